The lowest BCUT2D eigenvalue weighted by molar-refractivity contribution is -0.870. The van der Waals surface area contributed by atoms with E-state index in [1.807, 2.05) is 27.2 Å². The predicted octanol–water partition coefficient (Wildman–Crippen LogP) is 18.7. The lowest BCUT2D eigenvalue weighted by Gasteiger charge is -2.29. The van der Waals surface area contributed by atoms with Gasteiger partial charge in [0, 0.05) is 6.42 Å². The minimum Gasteiger partial charge on any atom is -0.756 e. The predicted molar refractivity (Wildman–Crippen MR) is 325 cm³/mol. The van der Waals surface area contributed by atoms with Crippen LogP contribution in [0.3, 0.4) is 0 Å². The van der Waals surface area contributed by atoms with Gasteiger partial charge in [0.1, 0.15) is 13.2 Å². The average Bonchev–Trinajstić information content (AvgIpc) is 3.37. The van der Waals surface area contributed by atoms with Crippen molar-refractivity contribution in [3.05, 3.63) is 97.2 Å². The number of aliphatic hydroxyl groups is 1. The van der Waals surface area contributed by atoms with Crippen LogP contribution in [0.1, 0.15) is 264 Å². The third kappa shape index (κ3) is 58.9. The Labute approximate surface area is 464 Å². The molecule has 75 heavy (non-hydrogen) atoms. The van der Waals surface area contributed by atoms with E-state index < -0.39 is 26.6 Å². The van der Waals surface area contributed by atoms with Gasteiger partial charge in [0.15, 0.2) is 0 Å². The molecule has 8 nitrogen and oxygen atoms in total. The zero-order valence-corrected chi connectivity index (χ0v) is 50.4. The van der Waals surface area contributed by atoms with Gasteiger partial charge in [-0.15, -0.1) is 0 Å². The second-order valence-electron chi connectivity index (χ2n) is 22.0. The number of carbonyl (C=O) groups is 1. The maximum Gasteiger partial charge on any atom is 0.268 e. The minimum atomic E-state index is -4.61. The lowest BCUT2D eigenvalue weighted by Crippen LogP contribution is -2.45. The summed E-state index contributed by atoms with van der Waals surface area (Å²) in [6.45, 7) is 4.46. The van der Waals surface area contributed by atoms with E-state index in [1.54, 1.807) is 6.08 Å². The van der Waals surface area contributed by atoms with Crippen molar-refractivity contribution in [1.82, 2.24) is 5.32 Å². The van der Waals surface area contributed by atoms with Crippen LogP contribution in [-0.2, 0) is 18.4 Å². The van der Waals surface area contributed by atoms with Crippen molar-refractivity contribution in [2.45, 2.75) is 276 Å². The molecule has 9 heteroatoms. The van der Waals surface area contributed by atoms with Crippen molar-refractivity contribution in [3.8, 4) is 0 Å². The number of allylic oxidation sites excluding steroid dienone is 15. The summed E-state index contributed by atoms with van der Waals surface area (Å²) >= 11 is 0. The molecule has 0 saturated heterocycles. The second-order valence-corrected chi connectivity index (χ2v) is 23.4. The van der Waals surface area contributed by atoms with Gasteiger partial charge < -0.3 is 28.8 Å². The van der Waals surface area contributed by atoms with E-state index in [4.69, 9.17) is 9.05 Å². The van der Waals surface area contributed by atoms with E-state index in [-0.39, 0.29) is 12.5 Å². The van der Waals surface area contributed by atoms with Crippen LogP contribution < -0.4 is 10.2 Å². The molecule has 0 aromatic carbocycles. The number of aliphatic hydroxyl groups excluding tert-OH is 1. The smallest absolute Gasteiger partial charge is 0.268 e. The summed E-state index contributed by atoms with van der Waals surface area (Å²) in [5.74, 6) is -0.211. The highest BCUT2D eigenvalue weighted by molar-refractivity contribution is 7.45. The van der Waals surface area contributed by atoms with Gasteiger partial charge in [-0.2, -0.15) is 0 Å². The summed E-state index contributed by atoms with van der Waals surface area (Å²) in [5, 5.41) is 13.8. The zero-order chi connectivity index (χ0) is 54.9. The lowest BCUT2D eigenvalue weighted by atomic mass is 10.0. The summed E-state index contributed by atoms with van der Waals surface area (Å²) in [7, 11) is 1.23. The average molecular weight is 1070 g/mol. The van der Waals surface area contributed by atoms with Crippen LogP contribution in [-0.4, -0.2) is 68.5 Å². The number of likely N-dealkylation sites (N-methyl/N-ethyl adjacent to an activating group) is 1. The van der Waals surface area contributed by atoms with Crippen LogP contribution in [0.2, 0.25) is 0 Å². The molecule has 0 fully saturated rings. The molecule has 0 radical (unpaired) electrons. The van der Waals surface area contributed by atoms with Crippen LogP contribution in [0.15, 0.2) is 97.2 Å². The Morgan fingerprint density at radius 1 is 0.480 bits per heavy atom. The SMILES string of the molecule is CC/C=C\C/C=C\C/C=C\C/C=C\C/C=C\CCCCCCCCCCCCCCCCCCCCCCCCCCCC(=O)NC(COP(=O)([O-])OCC[N+](C)(C)C)C(O)/C=C/CC/C=C/CC/C=C/CCCC. The third-order valence-electron chi connectivity index (χ3n) is 13.5. The fraction of sp³-hybridized carbons (Fsp3) is 0.742. The second kappa shape index (κ2) is 56.2. The first-order valence-corrected chi connectivity index (χ1v) is 32.6. The van der Waals surface area contributed by atoms with Crippen molar-refractivity contribution in [2.75, 3.05) is 40.9 Å². The van der Waals surface area contributed by atoms with Crippen LogP contribution in [0.5, 0.6) is 0 Å². The number of nitrogens with one attached hydrogen (secondary N) is 1. The Balaban J connectivity index is 3.88. The first kappa shape index (κ1) is 72.4. The van der Waals surface area contributed by atoms with E-state index >= 15 is 0 Å². The van der Waals surface area contributed by atoms with Crippen LogP contribution in [0.4, 0.5) is 0 Å². The van der Waals surface area contributed by atoms with Crippen molar-refractivity contribution in [1.29, 1.82) is 0 Å². The van der Waals surface area contributed by atoms with Gasteiger partial charge in [0.05, 0.1) is 39.9 Å². The minimum absolute atomic E-state index is 0.0106. The molecule has 0 aliphatic rings. The Hall–Kier alpha value is -2.58. The molecule has 0 heterocycles. The van der Waals surface area contributed by atoms with E-state index in [2.05, 4.69) is 104 Å². The topological polar surface area (TPSA) is 108 Å². The maximum absolute atomic E-state index is 12.9. The Kier molecular flexibility index (Phi) is 54.2. The highest BCUT2D eigenvalue weighted by Gasteiger charge is 2.23. The van der Waals surface area contributed by atoms with Gasteiger partial charge in [-0.05, 0) is 83.5 Å². The monoisotopic (exact) mass is 1070 g/mol. The molecule has 2 N–H and O–H groups in total. The van der Waals surface area contributed by atoms with Gasteiger partial charge in [-0.3, -0.25) is 9.36 Å². The molecule has 0 aromatic rings. The number of amides is 1. The highest BCUT2D eigenvalue weighted by Crippen LogP contribution is 2.38. The van der Waals surface area contributed by atoms with Crippen molar-refractivity contribution >= 4 is 13.7 Å². The molecule has 0 aliphatic heterocycles. The fourth-order valence-electron chi connectivity index (χ4n) is 8.67. The molecule has 434 valence electrons. The largest absolute Gasteiger partial charge is 0.756 e. The van der Waals surface area contributed by atoms with Gasteiger partial charge in [-0.1, -0.05) is 272 Å². The number of quaternary nitrogens is 1. The van der Waals surface area contributed by atoms with E-state index in [0.717, 1.165) is 83.5 Å². The maximum atomic E-state index is 12.9. The number of nitrogens with zero attached hydrogens (tertiary/aromatic N) is 1. The zero-order valence-electron chi connectivity index (χ0n) is 49.5. The van der Waals surface area contributed by atoms with Gasteiger partial charge in [0.2, 0.25) is 5.91 Å². The van der Waals surface area contributed by atoms with E-state index in [1.165, 1.54) is 161 Å². The normalized spacial score (nSPS) is 14.5. The summed E-state index contributed by atoms with van der Waals surface area (Å²) < 4.78 is 23.3. The first-order valence-electron chi connectivity index (χ1n) is 31.1. The Bertz CT molecular complexity index is 1540. The molecule has 3 atom stereocenters. The Morgan fingerprint density at radius 3 is 1.24 bits per heavy atom. The van der Waals surface area contributed by atoms with E-state index in [0.29, 0.717) is 17.4 Å². The molecule has 0 bridgehead atoms. The van der Waals surface area contributed by atoms with Crippen LogP contribution in [0, 0.1) is 0 Å². The summed E-state index contributed by atoms with van der Waals surface area (Å²) in [6.07, 6.45) is 81.1. The van der Waals surface area contributed by atoms with Crippen molar-refractivity contribution in [2.24, 2.45) is 0 Å². The molecule has 0 saturated carbocycles. The number of rotatable bonds is 56. The first-order chi connectivity index (χ1) is 36.5. The summed E-state index contributed by atoms with van der Waals surface area (Å²) in [4.78, 5) is 25.4. The molecule has 0 rings (SSSR count). The molecular weight excluding hydrogens is 948 g/mol. The number of carbonyl (C=O) groups excluding carboxylic acids is 1. The van der Waals surface area contributed by atoms with Crippen LogP contribution in [0.25, 0.3) is 0 Å². The van der Waals surface area contributed by atoms with Crippen molar-refractivity contribution < 1.29 is 32.9 Å². The Morgan fingerprint density at radius 2 is 0.827 bits per heavy atom. The molecule has 1 amide bonds. The standard InChI is InChI=1S/C66H119N2O6P/c1-6-8-10-12-14-16-18-20-21-22-23-24-25-26-27-28-29-30-31-32-33-34-35-36-37-38-39-40-41-42-43-44-45-46-47-48-50-52-54-56-58-60-66(70)67-64(63-74-75(71,72)73-62-61-68(3,4)5)65(69)59-57-55-53-51-49-19-17-15-13-11-9-7-2/h8,10,13-16,20-21,23-24,26-27,49,51,57,59,64-65,69H,6-7,9,11-12,17-19,22,25,28-48,50,52-56,58,60-63H2,1-5H3,(H-,67,70,71,72)/b10-8-,15-13+,16-14-,21-20-,24-23-,27-26-,51-49+,59-57+. The van der Waals surface area contributed by atoms with Gasteiger partial charge in [-0.25, -0.2) is 0 Å². The quantitative estimate of drug-likeness (QED) is 0.0272. The van der Waals surface area contributed by atoms with Crippen molar-refractivity contribution in [3.63, 3.8) is 0 Å². The van der Waals surface area contributed by atoms with Gasteiger partial charge in [0.25, 0.3) is 7.82 Å². The number of phosphoric ester groups is 1. The molecule has 0 spiro atoms. The summed E-state index contributed by atoms with van der Waals surface area (Å²) in [5.41, 5.74) is 0. The molecule has 3 unspecified atom stereocenters. The molecular formula is C66H119N2O6P. The fourth-order valence-corrected chi connectivity index (χ4v) is 9.39. The highest BCUT2D eigenvalue weighted by atomic mass is 31.2. The molecule has 0 aromatic heterocycles. The molecule has 0 aliphatic carbocycles. The number of unbranched alkanes of at least 4 members (excludes halogenated alkanes) is 29. The van der Waals surface area contributed by atoms with Gasteiger partial charge >= 0.3 is 0 Å². The summed E-state index contributed by atoms with van der Waals surface area (Å²) in [6, 6.07) is -0.911. The number of hydrogen-bond acceptors (Lipinski definition) is 6. The number of phosphoric acid groups is 1. The van der Waals surface area contributed by atoms with E-state index in [9.17, 15) is 19.4 Å². The van der Waals surface area contributed by atoms with Crippen LogP contribution >= 0.6 is 7.82 Å². The third-order valence-corrected chi connectivity index (χ3v) is 14.5. The number of hydrogen-bond donors (Lipinski definition) is 2.